The summed E-state index contributed by atoms with van der Waals surface area (Å²) in [6.45, 7) is 7.36. The topological polar surface area (TPSA) is 32.3 Å². The summed E-state index contributed by atoms with van der Waals surface area (Å²) in [5, 5.41) is 4.11. The molecule has 0 spiro atoms. The van der Waals surface area contributed by atoms with Gasteiger partial charge < -0.3 is 10.2 Å². The number of nitrogens with one attached hydrogen (secondary N) is 1. The molecule has 0 aliphatic carbocycles. The molecule has 1 aliphatic heterocycles. The Kier molecular flexibility index (Phi) is 5.65. The summed E-state index contributed by atoms with van der Waals surface area (Å²) in [5.41, 5.74) is 0.861. The first-order valence-corrected chi connectivity index (χ1v) is 8.23. The van der Waals surface area contributed by atoms with Gasteiger partial charge in [-0.15, -0.1) is 0 Å². The van der Waals surface area contributed by atoms with Crippen LogP contribution in [0.1, 0.15) is 38.7 Å². The van der Waals surface area contributed by atoms with Crippen LogP contribution in [0.15, 0.2) is 24.3 Å². The average Bonchev–Trinajstić information content (AvgIpc) is 2.52. The second kappa shape index (κ2) is 7.28. The van der Waals surface area contributed by atoms with Crippen LogP contribution in [0, 0.1) is 5.41 Å². The number of amides is 1. The van der Waals surface area contributed by atoms with Gasteiger partial charge in [0.25, 0.3) is 0 Å². The molecular weight excluding hydrogens is 284 g/mol. The molecule has 1 aromatic rings. The van der Waals surface area contributed by atoms with Gasteiger partial charge in [0.15, 0.2) is 0 Å². The smallest absolute Gasteiger partial charge is 0.230 e. The van der Waals surface area contributed by atoms with Crippen molar-refractivity contribution in [1.82, 2.24) is 10.2 Å². The predicted octanol–water partition coefficient (Wildman–Crippen LogP) is 3.47. The third-order valence-electron chi connectivity index (χ3n) is 4.53. The molecular formula is C17H25ClN2O. The second-order valence-electron chi connectivity index (χ2n) is 5.86. The van der Waals surface area contributed by atoms with Crippen LogP contribution in [-0.2, 0) is 11.3 Å². The van der Waals surface area contributed by atoms with Crippen LogP contribution in [0.2, 0.25) is 5.02 Å². The lowest BCUT2D eigenvalue weighted by Crippen LogP contribution is -2.51. The fourth-order valence-corrected chi connectivity index (χ4v) is 3.33. The zero-order valence-electron chi connectivity index (χ0n) is 13.0. The molecule has 1 aliphatic rings. The monoisotopic (exact) mass is 308 g/mol. The average molecular weight is 309 g/mol. The van der Waals surface area contributed by atoms with Crippen LogP contribution in [0.25, 0.3) is 0 Å². The summed E-state index contributed by atoms with van der Waals surface area (Å²) in [6.07, 6.45) is 2.96. The van der Waals surface area contributed by atoms with Crippen molar-refractivity contribution in [3.63, 3.8) is 0 Å². The largest absolute Gasteiger partial charge is 0.338 e. The van der Waals surface area contributed by atoms with E-state index in [2.05, 4.69) is 12.2 Å². The van der Waals surface area contributed by atoms with Crippen LogP contribution in [0.4, 0.5) is 0 Å². The molecule has 1 fully saturated rings. The predicted molar refractivity (Wildman–Crippen MR) is 87.4 cm³/mol. The number of carbonyl (C=O) groups excluding carboxylic acids is 1. The van der Waals surface area contributed by atoms with Crippen LogP contribution >= 0.6 is 11.6 Å². The molecule has 1 atom stereocenters. The molecule has 1 saturated heterocycles. The number of nitrogens with zero attached hydrogens (tertiary/aromatic N) is 1. The Balaban J connectivity index is 2.14. The van der Waals surface area contributed by atoms with E-state index in [0.29, 0.717) is 6.54 Å². The number of rotatable bonds is 5. The zero-order chi connectivity index (χ0) is 15.3. The van der Waals surface area contributed by atoms with Crippen molar-refractivity contribution in [1.29, 1.82) is 0 Å². The van der Waals surface area contributed by atoms with Crippen molar-refractivity contribution >= 4 is 17.5 Å². The van der Waals surface area contributed by atoms with Gasteiger partial charge >= 0.3 is 0 Å². The quantitative estimate of drug-likeness (QED) is 0.903. The van der Waals surface area contributed by atoms with Crippen molar-refractivity contribution < 1.29 is 4.79 Å². The SMILES string of the molecule is CCN(Cc1cccc(Cl)c1)C(=O)C1(CC)CCCNC1. The Hall–Kier alpha value is -1.06. The first-order valence-electron chi connectivity index (χ1n) is 7.86. The Morgan fingerprint density at radius 3 is 2.81 bits per heavy atom. The third-order valence-corrected chi connectivity index (χ3v) is 4.77. The number of piperidine rings is 1. The first-order chi connectivity index (χ1) is 10.1. The minimum atomic E-state index is -0.229. The number of hydrogen-bond donors (Lipinski definition) is 1. The van der Waals surface area contributed by atoms with E-state index in [1.807, 2.05) is 36.1 Å². The Labute approximate surface area is 132 Å². The molecule has 0 radical (unpaired) electrons. The third kappa shape index (κ3) is 3.78. The van der Waals surface area contributed by atoms with Gasteiger partial charge in [-0.3, -0.25) is 4.79 Å². The van der Waals surface area contributed by atoms with Crippen molar-refractivity contribution in [3.05, 3.63) is 34.9 Å². The van der Waals surface area contributed by atoms with Crippen LogP contribution in [0.5, 0.6) is 0 Å². The van der Waals surface area contributed by atoms with Gasteiger partial charge in [0.05, 0.1) is 5.41 Å². The van der Waals surface area contributed by atoms with E-state index in [1.165, 1.54) is 0 Å². The molecule has 2 rings (SSSR count). The maximum absolute atomic E-state index is 13.0. The summed E-state index contributed by atoms with van der Waals surface area (Å²) in [7, 11) is 0. The molecule has 0 aromatic heterocycles. The molecule has 0 saturated carbocycles. The number of halogens is 1. The van der Waals surface area contributed by atoms with Crippen LogP contribution in [-0.4, -0.2) is 30.4 Å². The van der Waals surface area contributed by atoms with Crippen molar-refractivity contribution in [3.8, 4) is 0 Å². The van der Waals surface area contributed by atoms with Crippen molar-refractivity contribution in [2.24, 2.45) is 5.41 Å². The lowest BCUT2D eigenvalue weighted by Gasteiger charge is -2.39. The molecule has 116 valence electrons. The molecule has 1 aromatic carbocycles. The Morgan fingerprint density at radius 1 is 1.43 bits per heavy atom. The minimum Gasteiger partial charge on any atom is -0.338 e. The molecule has 4 heteroatoms. The highest BCUT2D eigenvalue weighted by Crippen LogP contribution is 2.32. The number of benzene rings is 1. The highest BCUT2D eigenvalue weighted by atomic mass is 35.5. The Bertz CT molecular complexity index is 483. The van der Waals surface area contributed by atoms with E-state index in [4.69, 9.17) is 11.6 Å². The molecule has 21 heavy (non-hydrogen) atoms. The summed E-state index contributed by atoms with van der Waals surface area (Å²) in [5.74, 6) is 0.277. The molecule has 1 unspecified atom stereocenters. The van der Waals surface area contributed by atoms with Gasteiger partial charge in [-0.1, -0.05) is 30.7 Å². The maximum atomic E-state index is 13.0. The molecule has 1 amide bonds. The fraction of sp³-hybridized carbons (Fsp3) is 0.588. The van der Waals surface area contributed by atoms with E-state index in [-0.39, 0.29) is 11.3 Å². The minimum absolute atomic E-state index is 0.229. The molecule has 0 bridgehead atoms. The van der Waals surface area contributed by atoms with Crippen LogP contribution in [0.3, 0.4) is 0 Å². The highest BCUT2D eigenvalue weighted by molar-refractivity contribution is 6.30. The molecule has 1 heterocycles. The van der Waals surface area contributed by atoms with Gasteiger partial charge in [0, 0.05) is 24.7 Å². The first kappa shape index (κ1) is 16.3. The van der Waals surface area contributed by atoms with Gasteiger partial charge in [0.2, 0.25) is 5.91 Å². The van der Waals surface area contributed by atoms with E-state index < -0.39 is 0 Å². The standard InChI is InChI=1S/C17H25ClN2O/c1-3-17(9-6-10-19-13-17)16(21)20(4-2)12-14-7-5-8-15(18)11-14/h5,7-8,11,19H,3-4,6,9-10,12-13H2,1-2H3. The lowest BCUT2D eigenvalue weighted by atomic mass is 9.77. The highest BCUT2D eigenvalue weighted by Gasteiger charge is 2.40. The summed E-state index contributed by atoms with van der Waals surface area (Å²) in [6, 6.07) is 7.77. The van der Waals surface area contributed by atoms with Crippen LogP contribution < -0.4 is 5.32 Å². The van der Waals surface area contributed by atoms with E-state index in [0.717, 1.165) is 49.5 Å². The van der Waals surface area contributed by atoms with Gasteiger partial charge in [0.1, 0.15) is 0 Å². The Morgan fingerprint density at radius 2 is 2.24 bits per heavy atom. The number of hydrogen-bond acceptors (Lipinski definition) is 2. The van der Waals surface area contributed by atoms with Gasteiger partial charge in [-0.2, -0.15) is 0 Å². The zero-order valence-corrected chi connectivity index (χ0v) is 13.7. The van der Waals surface area contributed by atoms with E-state index in [9.17, 15) is 4.79 Å². The fourth-order valence-electron chi connectivity index (χ4n) is 3.12. The van der Waals surface area contributed by atoms with E-state index >= 15 is 0 Å². The summed E-state index contributed by atoms with van der Waals surface area (Å²) >= 11 is 6.04. The number of carbonyl (C=O) groups is 1. The maximum Gasteiger partial charge on any atom is 0.230 e. The summed E-state index contributed by atoms with van der Waals surface area (Å²) < 4.78 is 0. The second-order valence-corrected chi connectivity index (χ2v) is 6.30. The lowest BCUT2D eigenvalue weighted by molar-refractivity contribution is -0.144. The summed E-state index contributed by atoms with van der Waals surface area (Å²) in [4.78, 5) is 15.0. The molecule has 1 N–H and O–H groups in total. The molecule has 3 nitrogen and oxygen atoms in total. The van der Waals surface area contributed by atoms with Crippen molar-refractivity contribution in [2.45, 2.75) is 39.7 Å². The van der Waals surface area contributed by atoms with Gasteiger partial charge in [-0.25, -0.2) is 0 Å². The van der Waals surface area contributed by atoms with Gasteiger partial charge in [-0.05, 0) is 50.4 Å². The van der Waals surface area contributed by atoms with E-state index in [1.54, 1.807) is 0 Å². The van der Waals surface area contributed by atoms with Crippen molar-refractivity contribution in [2.75, 3.05) is 19.6 Å². The normalized spacial score (nSPS) is 22.0.